The average Bonchev–Trinajstić information content (AvgIpc) is 2.61. The van der Waals surface area contributed by atoms with Gasteiger partial charge in [0.25, 0.3) is 0 Å². The molecular weight excluding hydrogens is 226 g/mol. The molecule has 1 nitrogen and oxygen atoms in total. The summed E-state index contributed by atoms with van der Waals surface area (Å²) < 4.78 is 0. The topological polar surface area (TPSA) is 26.0 Å². The van der Waals surface area contributed by atoms with E-state index in [2.05, 4.69) is 19.9 Å². The lowest BCUT2D eigenvalue weighted by molar-refractivity contribution is 0.464. The minimum Gasteiger partial charge on any atom is -0.323 e. The Labute approximate surface area is 109 Å². The van der Waals surface area contributed by atoms with Crippen molar-refractivity contribution in [2.75, 3.05) is 0 Å². The number of thiophene rings is 1. The van der Waals surface area contributed by atoms with E-state index in [0.717, 1.165) is 12.3 Å². The molecule has 0 aliphatic heterocycles. The van der Waals surface area contributed by atoms with E-state index in [0.29, 0.717) is 0 Å². The summed E-state index contributed by atoms with van der Waals surface area (Å²) in [5.41, 5.74) is 7.93. The molecule has 1 aromatic rings. The highest BCUT2D eigenvalue weighted by Crippen LogP contribution is 2.33. The molecule has 1 aliphatic carbocycles. The second-order valence-electron chi connectivity index (χ2n) is 5.51. The summed E-state index contributed by atoms with van der Waals surface area (Å²) in [7, 11) is 0. The lowest BCUT2D eigenvalue weighted by atomic mass is 9.98. The quantitative estimate of drug-likeness (QED) is 0.786. The van der Waals surface area contributed by atoms with Crippen LogP contribution in [0.4, 0.5) is 0 Å². The molecule has 2 unspecified atom stereocenters. The van der Waals surface area contributed by atoms with E-state index in [9.17, 15) is 0 Å². The molecular formula is C15H25NS. The molecule has 17 heavy (non-hydrogen) atoms. The second-order valence-corrected chi connectivity index (χ2v) is 6.68. The van der Waals surface area contributed by atoms with Gasteiger partial charge in [0, 0.05) is 15.8 Å². The SMILES string of the molecule is CCC(C)CC(N)c1cc2c(s1)CCCCC2. The van der Waals surface area contributed by atoms with Gasteiger partial charge in [-0.3, -0.25) is 0 Å². The van der Waals surface area contributed by atoms with Gasteiger partial charge in [-0.25, -0.2) is 0 Å². The van der Waals surface area contributed by atoms with E-state index in [1.165, 1.54) is 43.4 Å². The largest absolute Gasteiger partial charge is 0.323 e. The first-order valence-corrected chi connectivity index (χ1v) is 7.89. The Morgan fingerprint density at radius 3 is 2.82 bits per heavy atom. The molecule has 0 spiro atoms. The van der Waals surface area contributed by atoms with Gasteiger partial charge in [0.2, 0.25) is 0 Å². The lowest BCUT2D eigenvalue weighted by Crippen LogP contribution is -2.12. The summed E-state index contributed by atoms with van der Waals surface area (Å²) in [5, 5.41) is 0. The summed E-state index contributed by atoms with van der Waals surface area (Å²) in [5.74, 6) is 0.743. The van der Waals surface area contributed by atoms with Gasteiger partial charge in [-0.2, -0.15) is 0 Å². The number of hydrogen-bond donors (Lipinski definition) is 1. The normalized spacial score (nSPS) is 19.5. The van der Waals surface area contributed by atoms with Gasteiger partial charge in [0.15, 0.2) is 0 Å². The fourth-order valence-corrected chi connectivity index (χ4v) is 3.86. The molecule has 0 saturated carbocycles. The molecule has 2 rings (SSSR count). The first kappa shape index (κ1) is 13.1. The zero-order valence-corrected chi connectivity index (χ0v) is 12.0. The van der Waals surface area contributed by atoms with Crippen molar-refractivity contribution in [1.29, 1.82) is 0 Å². The molecule has 0 bridgehead atoms. The van der Waals surface area contributed by atoms with E-state index >= 15 is 0 Å². The molecule has 0 amide bonds. The van der Waals surface area contributed by atoms with Crippen molar-refractivity contribution in [3.63, 3.8) is 0 Å². The van der Waals surface area contributed by atoms with Gasteiger partial charge in [0.05, 0.1) is 0 Å². The Morgan fingerprint density at radius 2 is 2.06 bits per heavy atom. The van der Waals surface area contributed by atoms with E-state index in [1.54, 1.807) is 10.4 Å². The monoisotopic (exact) mass is 251 g/mol. The number of aryl methyl sites for hydroxylation is 2. The summed E-state index contributed by atoms with van der Waals surface area (Å²) >= 11 is 1.98. The van der Waals surface area contributed by atoms with Crippen LogP contribution >= 0.6 is 11.3 Å². The van der Waals surface area contributed by atoms with Crippen LogP contribution in [-0.2, 0) is 12.8 Å². The number of rotatable bonds is 4. The van der Waals surface area contributed by atoms with Crippen LogP contribution in [0.5, 0.6) is 0 Å². The molecule has 0 aromatic carbocycles. The van der Waals surface area contributed by atoms with Crippen LogP contribution in [0, 0.1) is 5.92 Å². The maximum atomic E-state index is 6.33. The zero-order chi connectivity index (χ0) is 12.3. The third-order valence-corrected chi connectivity index (χ3v) is 5.35. The van der Waals surface area contributed by atoms with Crippen molar-refractivity contribution in [2.45, 2.75) is 64.8 Å². The standard InChI is InChI=1S/C15H25NS/c1-3-11(2)9-13(16)15-10-12-7-5-4-6-8-14(12)17-15/h10-11,13H,3-9,16H2,1-2H3. The van der Waals surface area contributed by atoms with Gasteiger partial charge in [-0.05, 0) is 49.7 Å². The molecule has 2 heteroatoms. The van der Waals surface area contributed by atoms with Gasteiger partial charge in [-0.1, -0.05) is 26.7 Å². The third-order valence-electron chi connectivity index (χ3n) is 3.98. The molecule has 96 valence electrons. The second kappa shape index (κ2) is 6.01. The van der Waals surface area contributed by atoms with Gasteiger partial charge >= 0.3 is 0 Å². The summed E-state index contributed by atoms with van der Waals surface area (Å²) in [6.45, 7) is 4.55. The van der Waals surface area contributed by atoms with E-state index in [-0.39, 0.29) is 6.04 Å². The highest BCUT2D eigenvalue weighted by molar-refractivity contribution is 7.12. The van der Waals surface area contributed by atoms with Gasteiger partial charge in [-0.15, -0.1) is 11.3 Å². The smallest absolute Gasteiger partial charge is 0.0392 e. The molecule has 1 aliphatic rings. The van der Waals surface area contributed by atoms with E-state index < -0.39 is 0 Å². The third kappa shape index (κ3) is 3.32. The number of nitrogens with two attached hydrogens (primary N) is 1. The first-order chi connectivity index (χ1) is 8.20. The van der Waals surface area contributed by atoms with Crippen molar-refractivity contribution >= 4 is 11.3 Å². The highest BCUT2D eigenvalue weighted by Gasteiger charge is 2.17. The maximum Gasteiger partial charge on any atom is 0.0392 e. The molecule has 1 heterocycles. The van der Waals surface area contributed by atoms with Gasteiger partial charge in [0.1, 0.15) is 0 Å². The molecule has 1 aromatic heterocycles. The van der Waals surface area contributed by atoms with Crippen molar-refractivity contribution in [1.82, 2.24) is 0 Å². The fraction of sp³-hybridized carbons (Fsp3) is 0.733. The highest BCUT2D eigenvalue weighted by atomic mass is 32.1. The minimum absolute atomic E-state index is 0.266. The van der Waals surface area contributed by atoms with E-state index in [4.69, 9.17) is 5.73 Å². The molecule has 0 saturated heterocycles. The van der Waals surface area contributed by atoms with Crippen LogP contribution in [0.1, 0.15) is 67.3 Å². The zero-order valence-electron chi connectivity index (χ0n) is 11.2. The Balaban J connectivity index is 2.06. The van der Waals surface area contributed by atoms with Crippen molar-refractivity contribution < 1.29 is 0 Å². The van der Waals surface area contributed by atoms with Crippen LogP contribution in [-0.4, -0.2) is 0 Å². The molecule has 0 fully saturated rings. The van der Waals surface area contributed by atoms with E-state index in [1.807, 2.05) is 11.3 Å². The predicted molar refractivity (Wildman–Crippen MR) is 76.6 cm³/mol. The molecule has 2 atom stereocenters. The first-order valence-electron chi connectivity index (χ1n) is 7.07. The van der Waals surface area contributed by atoms with Crippen LogP contribution in [0.3, 0.4) is 0 Å². The van der Waals surface area contributed by atoms with Crippen LogP contribution in [0.15, 0.2) is 6.07 Å². The molecule has 2 N–H and O–H groups in total. The van der Waals surface area contributed by atoms with Crippen molar-refractivity contribution in [3.05, 3.63) is 21.4 Å². The maximum absolute atomic E-state index is 6.33. The van der Waals surface area contributed by atoms with Crippen LogP contribution in [0.25, 0.3) is 0 Å². The Morgan fingerprint density at radius 1 is 1.29 bits per heavy atom. The Kier molecular flexibility index (Phi) is 4.63. The Hall–Kier alpha value is -0.340. The predicted octanol–water partition coefficient (Wildman–Crippen LogP) is 4.45. The summed E-state index contributed by atoms with van der Waals surface area (Å²) in [6, 6.07) is 2.67. The lowest BCUT2D eigenvalue weighted by Gasteiger charge is -2.14. The minimum atomic E-state index is 0.266. The number of fused-ring (bicyclic) bond motifs is 1. The van der Waals surface area contributed by atoms with Crippen LogP contribution < -0.4 is 5.73 Å². The Bertz CT molecular complexity index is 332. The summed E-state index contributed by atoms with van der Waals surface area (Å²) in [6.07, 6.45) is 9.07. The van der Waals surface area contributed by atoms with Crippen molar-refractivity contribution in [2.24, 2.45) is 11.7 Å². The number of hydrogen-bond acceptors (Lipinski definition) is 2. The average molecular weight is 251 g/mol. The fourth-order valence-electron chi connectivity index (χ4n) is 2.59. The van der Waals surface area contributed by atoms with Gasteiger partial charge < -0.3 is 5.73 Å². The molecule has 0 radical (unpaired) electrons. The summed E-state index contributed by atoms with van der Waals surface area (Å²) in [4.78, 5) is 3.05. The van der Waals surface area contributed by atoms with Crippen molar-refractivity contribution in [3.8, 4) is 0 Å². The van der Waals surface area contributed by atoms with Crippen LogP contribution in [0.2, 0.25) is 0 Å².